The largest absolute Gasteiger partial charge is 0.505 e. The molecule has 0 unspecified atom stereocenters. The number of halogens is 2. The molecule has 1 aliphatic heterocycles. The van der Waals surface area contributed by atoms with Crippen LogP contribution in [0.25, 0.3) is 0 Å². The first-order valence-corrected chi connectivity index (χ1v) is 5.07. The number of phenolic OH excluding ortho intramolecular Hbond substituents is 1. The van der Waals surface area contributed by atoms with Crippen molar-refractivity contribution in [2.45, 2.75) is 18.8 Å². The maximum absolute atomic E-state index is 13.5. The zero-order valence-electron chi connectivity index (χ0n) is 8.26. The van der Waals surface area contributed by atoms with E-state index < -0.39 is 17.4 Å². The van der Waals surface area contributed by atoms with E-state index in [1.54, 1.807) is 0 Å². The van der Waals surface area contributed by atoms with E-state index in [1.807, 2.05) is 0 Å². The average Bonchev–Trinajstić information content (AvgIpc) is 2.25. The smallest absolute Gasteiger partial charge is 0.165 e. The SMILES string of the molecule is Oc1cc(F)c(C2CCNCC2)cc1F. The first-order valence-electron chi connectivity index (χ1n) is 5.07. The van der Waals surface area contributed by atoms with Gasteiger partial charge in [0.25, 0.3) is 0 Å². The van der Waals surface area contributed by atoms with Crippen LogP contribution in [0.3, 0.4) is 0 Å². The third kappa shape index (κ3) is 2.09. The fraction of sp³-hybridized carbons (Fsp3) is 0.455. The molecule has 0 bridgehead atoms. The predicted octanol–water partition coefficient (Wildman–Crippen LogP) is 2.14. The van der Waals surface area contributed by atoms with Gasteiger partial charge in [0.1, 0.15) is 5.82 Å². The van der Waals surface area contributed by atoms with E-state index in [4.69, 9.17) is 5.11 Å². The zero-order valence-corrected chi connectivity index (χ0v) is 8.26. The van der Waals surface area contributed by atoms with Gasteiger partial charge in [-0.05, 0) is 43.5 Å². The van der Waals surface area contributed by atoms with Gasteiger partial charge in [0.15, 0.2) is 11.6 Å². The third-order valence-electron chi connectivity index (χ3n) is 2.85. The molecule has 82 valence electrons. The number of rotatable bonds is 1. The molecule has 4 heteroatoms. The molecule has 0 aliphatic carbocycles. The monoisotopic (exact) mass is 213 g/mol. The summed E-state index contributed by atoms with van der Waals surface area (Å²) >= 11 is 0. The quantitative estimate of drug-likeness (QED) is 0.749. The van der Waals surface area contributed by atoms with Crippen LogP contribution in [0.5, 0.6) is 5.75 Å². The Morgan fingerprint density at radius 1 is 1.13 bits per heavy atom. The lowest BCUT2D eigenvalue weighted by atomic mass is 9.90. The van der Waals surface area contributed by atoms with Gasteiger partial charge in [-0.25, -0.2) is 8.78 Å². The number of phenols is 1. The van der Waals surface area contributed by atoms with Crippen LogP contribution in [-0.4, -0.2) is 18.2 Å². The molecule has 2 rings (SSSR count). The second-order valence-electron chi connectivity index (χ2n) is 3.85. The van der Waals surface area contributed by atoms with Gasteiger partial charge < -0.3 is 10.4 Å². The van der Waals surface area contributed by atoms with E-state index in [1.165, 1.54) is 0 Å². The molecule has 15 heavy (non-hydrogen) atoms. The van der Waals surface area contributed by atoms with Gasteiger partial charge in [0.2, 0.25) is 0 Å². The summed E-state index contributed by atoms with van der Waals surface area (Å²) in [6.07, 6.45) is 1.61. The molecule has 0 amide bonds. The van der Waals surface area contributed by atoms with Crippen LogP contribution in [0.1, 0.15) is 24.3 Å². The van der Waals surface area contributed by atoms with Crippen LogP contribution in [0.2, 0.25) is 0 Å². The van der Waals surface area contributed by atoms with E-state index in [0.29, 0.717) is 5.56 Å². The lowest BCUT2D eigenvalue weighted by Crippen LogP contribution is -2.27. The maximum Gasteiger partial charge on any atom is 0.165 e. The second-order valence-corrected chi connectivity index (χ2v) is 3.85. The summed E-state index contributed by atoms with van der Waals surface area (Å²) in [4.78, 5) is 0. The van der Waals surface area contributed by atoms with Gasteiger partial charge >= 0.3 is 0 Å². The normalized spacial score (nSPS) is 18.0. The average molecular weight is 213 g/mol. The van der Waals surface area contributed by atoms with Crippen molar-refractivity contribution >= 4 is 0 Å². The molecule has 2 N–H and O–H groups in total. The summed E-state index contributed by atoms with van der Waals surface area (Å²) in [7, 11) is 0. The highest BCUT2D eigenvalue weighted by atomic mass is 19.1. The Balaban J connectivity index is 2.30. The first-order chi connectivity index (χ1) is 7.18. The van der Waals surface area contributed by atoms with Crippen LogP contribution in [0.15, 0.2) is 12.1 Å². The number of hydrogen-bond acceptors (Lipinski definition) is 2. The van der Waals surface area contributed by atoms with Crippen LogP contribution < -0.4 is 5.32 Å². The summed E-state index contributed by atoms with van der Waals surface area (Å²) < 4.78 is 26.5. The Kier molecular flexibility index (Phi) is 2.86. The van der Waals surface area contributed by atoms with E-state index in [-0.39, 0.29) is 5.92 Å². The fourth-order valence-electron chi connectivity index (χ4n) is 2.00. The van der Waals surface area contributed by atoms with E-state index in [9.17, 15) is 8.78 Å². The highest BCUT2D eigenvalue weighted by molar-refractivity contribution is 5.32. The van der Waals surface area contributed by atoms with Crippen LogP contribution in [0, 0.1) is 11.6 Å². The minimum absolute atomic E-state index is 0.0568. The molecule has 2 nitrogen and oxygen atoms in total. The second kappa shape index (κ2) is 4.14. The van der Waals surface area contributed by atoms with Gasteiger partial charge in [-0.15, -0.1) is 0 Å². The summed E-state index contributed by atoms with van der Waals surface area (Å²) in [6.45, 7) is 1.65. The molecule has 0 saturated carbocycles. The van der Waals surface area contributed by atoms with Gasteiger partial charge in [-0.3, -0.25) is 0 Å². The standard InChI is InChI=1S/C11H13F2NO/c12-9-6-11(15)10(13)5-8(9)7-1-3-14-4-2-7/h5-7,14-15H,1-4H2. The summed E-state index contributed by atoms with van der Waals surface area (Å²) in [5.74, 6) is -1.82. The fourth-order valence-corrected chi connectivity index (χ4v) is 2.00. The predicted molar refractivity (Wildman–Crippen MR) is 52.9 cm³/mol. The number of aromatic hydroxyl groups is 1. The lowest BCUT2D eigenvalue weighted by Gasteiger charge is -2.23. The summed E-state index contributed by atoms with van der Waals surface area (Å²) in [6, 6.07) is 1.97. The van der Waals surface area contributed by atoms with E-state index >= 15 is 0 Å². The molecule has 1 aromatic carbocycles. The van der Waals surface area contributed by atoms with Gasteiger partial charge in [-0.2, -0.15) is 0 Å². The molecule has 1 aliphatic rings. The summed E-state index contributed by atoms with van der Waals surface area (Å²) in [5.41, 5.74) is 0.381. The van der Waals surface area contributed by atoms with Gasteiger partial charge in [-0.1, -0.05) is 0 Å². The minimum atomic E-state index is -0.745. The van der Waals surface area contributed by atoms with Crippen LogP contribution in [0.4, 0.5) is 8.78 Å². The van der Waals surface area contributed by atoms with Crippen molar-refractivity contribution in [1.29, 1.82) is 0 Å². The molecule has 1 fully saturated rings. The highest BCUT2D eigenvalue weighted by Crippen LogP contribution is 2.30. The Labute approximate surface area is 86.9 Å². The number of benzene rings is 1. The van der Waals surface area contributed by atoms with Crippen LogP contribution >= 0.6 is 0 Å². The molecule has 1 aromatic rings. The molecular weight excluding hydrogens is 200 g/mol. The van der Waals surface area contributed by atoms with Gasteiger partial charge in [0.05, 0.1) is 0 Å². The first kappa shape index (κ1) is 10.4. The van der Waals surface area contributed by atoms with Crippen molar-refractivity contribution in [3.05, 3.63) is 29.3 Å². The van der Waals surface area contributed by atoms with Crippen molar-refractivity contribution in [2.75, 3.05) is 13.1 Å². The third-order valence-corrected chi connectivity index (χ3v) is 2.85. The lowest BCUT2D eigenvalue weighted by molar-refractivity contribution is 0.413. The topological polar surface area (TPSA) is 32.3 Å². The Hall–Kier alpha value is -1.16. The molecular formula is C11H13F2NO. The van der Waals surface area contributed by atoms with Crippen molar-refractivity contribution in [3.8, 4) is 5.75 Å². The Morgan fingerprint density at radius 2 is 1.80 bits per heavy atom. The molecule has 1 saturated heterocycles. The van der Waals surface area contributed by atoms with Crippen molar-refractivity contribution in [2.24, 2.45) is 0 Å². The molecule has 0 atom stereocenters. The van der Waals surface area contributed by atoms with Crippen LogP contribution in [-0.2, 0) is 0 Å². The number of hydrogen-bond donors (Lipinski definition) is 2. The van der Waals surface area contributed by atoms with E-state index in [0.717, 1.165) is 38.1 Å². The van der Waals surface area contributed by atoms with Crippen molar-refractivity contribution < 1.29 is 13.9 Å². The molecule has 0 radical (unpaired) electrons. The summed E-state index contributed by atoms with van der Waals surface area (Å²) in [5, 5.41) is 12.2. The molecule has 0 spiro atoms. The molecule has 1 heterocycles. The minimum Gasteiger partial charge on any atom is -0.505 e. The Bertz CT molecular complexity index is 362. The van der Waals surface area contributed by atoms with Crippen molar-refractivity contribution in [1.82, 2.24) is 5.32 Å². The number of piperidine rings is 1. The number of nitrogens with one attached hydrogen (secondary N) is 1. The zero-order chi connectivity index (χ0) is 10.8. The maximum atomic E-state index is 13.5. The van der Waals surface area contributed by atoms with E-state index in [2.05, 4.69) is 5.32 Å². The Morgan fingerprint density at radius 3 is 2.47 bits per heavy atom. The van der Waals surface area contributed by atoms with Gasteiger partial charge in [0, 0.05) is 6.07 Å². The van der Waals surface area contributed by atoms with Crippen molar-refractivity contribution in [3.63, 3.8) is 0 Å². The highest BCUT2D eigenvalue weighted by Gasteiger charge is 2.20. The molecule has 0 aromatic heterocycles.